The van der Waals surface area contributed by atoms with Gasteiger partial charge in [-0.25, -0.2) is 4.98 Å². The number of hydrogen-bond donors (Lipinski definition) is 1. The quantitative estimate of drug-likeness (QED) is 0.429. The van der Waals surface area contributed by atoms with Crippen molar-refractivity contribution in [3.05, 3.63) is 96.7 Å². The largest absolute Gasteiger partial charge is 0.497 e. The van der Waals surface area contributed by atoms with Crippen molar-refractivity contribution in [3.8, 4) is 17.3 Å². The summed E-state index contributed by atoms with van der Waals surface area (Å²) in [6.07, 6.45) is 5.59. The van der Waals surface area contributed by atoms with Crippen LogP contribution in [0.1, 0.15) is 23.5 Å². The summed E-state index contributed by atoms with van der Waals surface area (Å²) in [5, 5.41) is 4.07. The summed E-state index contributed by atoms with van der Waals surface area (Å²) in [6.45, 7) is 0. The zero-order valence-electron chi connectivity index (χ0n) is 18.3. The molecule has 0 radical (unpaired) electrons. The van der Waals surface area contributed by atoms with E-state index in [-0.39, 0.29) is 12.1 Å². The summed E-state index contributed by atoms with van der Waals surface area (Å²) in [7, 11) is 3.30. The fourth-order valence-corrected chi connectivity index (χ4v) is 4.58. The van der Waals surface area contributed by atoms with E-state index in [4.69, 9.17) is 21.7 Å². The molecule has 1 aliphatic rings. The Labute approximate surface area is 197 Å². The molecule has 0 aliphatic carbocycles. The Balaban J connectivity index is 1.70. The zero-order chi connectivity index (χ0) is 22.8. The summed E-state index contributed by atoms with van der Waals surface area (Å²) in [4.78, 5) is 11.3. The minimum atomic E-state index is -0.217. The van der Waals surface area contributed by atoms with Crippen LogP contribution in [0.15, 0.2) is 85.3 Å². The molecule has 5 rings (SSSR count). The number of rotatable bonds is 6. The van der Waals surface area contributed by atoms with Crippen molar-refractivity contribution in [2.75, 3.05) is 19.1 Å². The minimum Gasteiger partial charge on any atom is -0.497 e. The Morgan fingerprint density at radius 3 is 2.42 bits per heavy atom. The summed E-state index contributed by atoms with van der Waals surface area (Å²) in [5.74, 6) is 2.24. The van der Waals surface area contributed by atoms with E-state index < -0.39 is 0 Å². The molecule has 166 valence electrons. The molecule has 3 aromatic heterocycles. The second kappa shape index (κ2) is 8.91. The Morgan fingerprint density at radius 1 is 0.909 bits per heavy atom. The van der Waals surface area contributed by atoms with Crippen molar-refractivity contribution >= 4 is 23.0 Å². The van der Waals surface area contributed by atoms with Gasteiger partial charge >= 0.3 is 0 Å². The molecule has 2 atom stereocenters. The van der Waals surface area contributed by atoms with Crippen LogP contribution >= 0.6 is 12.2 Å². The van der Waals surface area contributed by atoms with Crippen molar-refractivity contribution < 1.29 is 9.47 Å². The van der Waals surface area contributed by atoms with Crippen LogP contribution in [0.4, 0.5) is 5.69 Å². The summed E-state index contributed by atoms with van der Waals surface area (Å²) < 4.78 is 13.3. The molecule has 0 unspecified atom stereocenters. The number of benzene rings is 1. The van der Waals surface area contributed by atoms with Crippen LogP contribution in [0.3, 0.4) is 0 Å². The third-order valence-electron chi connectivity index (χ3n) is 5.72. The number of hydrogen-bond acceptors (Lipinski definition) is 5. The maximum absolute atomic E-state index is 5.86. The molecule has 0 spiro atoms. The summed E-state index contributed by atoms with van der Waals surface area (Å²) in [6, 6.07) is 21.2. The summed E-state index contributed by atoms with van der Waals surface area (Å²) >= 11 is 5.86. The summed E-state index contributed by atoms with van der Waals surface area (Å²) in [5.41, 5.74) is 2.72. The number of anilines is 1. The first kappa shape index (κ1) is 21.0. The van der Waals surface area contributed by atoms with Gasteiger partial charge in [-0.15, -0.1) is 0 Å². The highest BCUT2D eigenvalue weighted by molar-refractivity contribution is 7.80. The molecule has 1 aromatic carbocycles. The molecule has 1 saturated heterocycles. The Kier molecular flexibility index (Phi) is 5.66. The Hall–Kier alpha value is -3.91. The number of ether oxygens (including phenoxy) is 2. The maximum atomic E-state index is 5.86. The maximum Gasteiger partial charge on any atom is 0.174 e. The van der Waals surface area contributed by atoms with Gasteiger partial charge in [0, 0.05) is 30.4 Å². The van der Waals surface area contributed by atoms with E-state index in [1.807, 2.05) is 66.9 Å². The average molecular weight is 458 g/mol. The normalized spacial score (nSPS) is 17.6. The fourth-order valence-electron chi connectivity index (χ4n) is 4.24. The third kappa shape index (κ3) is 3.78. The first-order chi connectivity index (χ1) is 16.2. The van der Waals surface area contributed by atoms with E-state index in [0.29, 0.717) is 16.6 Å². The number of nitrogens with one attached hydrogen (secondary N) is 1. The highest BCUT2D eigenvalue weighted by Gasteiger charge is 2.43. The first-order valence-corrected chi connectivity index (χ1v) is 10.9. The van der Waals surface area contributed by atoms with E-state index in [2.05, 4.69) is 30.8 Å². The highest BCUT2D eigenvalue weighted by atomic mass is 32.1. The van der Waals surface area contributed by atoms with Crippen LogP contribution < -0.4 is 19.7 Å². The number of pyridine rings is 2. The van der Waals surface area contributed by atoms with E-state index in [9.17, 15) is 0 Å². The van der Waals surface area contributed by atoms with E-state index in [1.165, 1.54) is 0 Å². The standard InChI is InChI=1S/C25H23N5O2S/c1-31-17-11-12-21(32-2)20(16-17)30-24(23(28-25(30)33)18-8-3-5-13-26-18)19-9-7-15-29(19)22-10-4-6-14-27-22/h3-16,23-24H,1-2H3,(H,28,33)/t23-,24-/m0/s1. The lowest BCUT2D eigenvalue weighted by atomic mass is 10.0. The Bertz CT molecular complexity index is 1260. The molecule has 0 bridgehead atoms. The van der Waals surface area contributed by atoms with Gasteiger partial charge in [0.2, 0.25) is 0 Å². The number of aromatic nitrogens is 3. The fraction of sp³-hybridized carbons (Fsp3) is 0.160. The topological polar surface area (TPSA) is 64.4 Å². The van der Waals surface area contributed by atoms with Crippen molar-refractivity contribution in [1.29, 1.82) is 0 Å². The highest BCUT2D eigenvalue weighted by Crippen LogP contribution is 2.45. The van der Waals surface area contributed by atoms with Gasteiger partial charge in [-0.2, -0.15) is 0 Å². The molecular formula is C25H23N5O2S. The Morgan fingerprint density at radius 2 is 1.73 bits per heavy atom. The van der Waals surface area contributed by atoms with Crippen molar-refractivity contribution in [2.24, 2.45) is 0 Å². The molecule has 33 heavy (non-hydrogen) atoms. The molecule has 1 fully saturated rings. The number of thiocarbonyl (C=S) groups is 1. The van der Waals surface area contributed by atoms with Crippen LogP contribution in [0.2, 0.25) is 0 Å². The average Bonchev–Trinajstić information content (AvgIpc) is 3.49. The molecule has 1 aliphatic heterocycles. The van der Waals surface area contributed by atoms with Gasteiger partial charge < -0.3 is 24.3 Å². The molecule has 7 nitrogen and oxygen atoms in total. The van der Waals surface area contributed by atoms with Crippen molar-refractivity contribution in [3.63, 3.8) is 0 Å². The zero-order valence-corrected chi connectivity index (χ0v) is 19.1. The number of methoxy groups -OCH3 is 2. The lowest BCUT2D eigenvalue weighted by Gasteiger charge is -2.30. The van der Waals surface area contributed by atoms with E-state index >= 15 is 0 Å². The van der Waals surface area contributed by atoms with Gasteiger partial charge in [-0.05, 0) is 60.7 Å². The monoisotopic (exact) mass is 457 g/mol. The molecule has 4 aromatic rings. The van der Waals surface area contributed by atoms with Gasteiger partial charge in [-0.1, -0.05) is 12.1 Å². The second-order valence-corrected chi connectivity index (χ2v) is 7.91. The molecule has 4 heterocycles. The molecular weight excluding hydrogens is 434 g/mol. The predicted octanol–water partition coefficient (Wildman–Crippen LogP) is 4.46. The predicted molar refractivity (Wildman–Crippen MR) is 131 cm³/mol. The molecule has 0 saturated carbocycles. The van der Waals surface area contributed by atoms with Crippen LogP contribution in [0.5, 0.6) is 11.5 Å². The second-order valence-electron chi connectivity index (χ2n) is 7.53. The first-order valence-electron chi connectivity index (χ1n) is 10.5. The van der Waals surface area contributed by atoms with Crippen molar-refractivity contribution in [1.82, 2.24) is 19.9 Å². The van der Waals surface area contributed by atoms with Crippen LogP contribution in [0, 0.1) is 0 Å². The smallest absolute Gasteiger partial charge is 0.174 e. The van der Waals surface area contributed by atoms with Crippen LogP contribution in [-0.2, 0) is 0 Å². The molecule has 8 heteroatoms. The van der Waals surface area contributed by atoms with Crippen molar-refractivity contribution in [2.45, 2.75) is 12.1 Å². The minimum absolute atomic E-state index is 0.188. The number of nitrogens with zero attached hydrogens (tertiary/aromatic N) is 4. The van der Waals surface area contributed by atoms with Gasteiger partial charge in [0.05, 0.1) is 31.6 Å². The van der Waals surface area contributed by atoms with Crippen LogP contribution in [-0.4, -0.2) is 33.9 Å². The third-order valence-corrected chi connectivity index (χ3v) is 6.04. The SMILES string of the molecule is COc1ccc(OC)c(N2C(=S)N[C@@H](c3ccccn3)[C@@H]2c2cccn2-c2ccccn2)c1. The van der Waals surface area contributed by atoms with Gasteiger partial charge in [-0.3, -0.25) is 4.98 Å². The lowest BCUT2D eigenvalue weighted by molar-refractivity contribution is 0.402. The van der Waals surface area contributed by atoms with Gasteiger partial charge in [0.15, 0.2) is 5.11 Å². The van der Waals surface area contributed by atoms with Crippen LogP contribution in [0.25, 0.3) is 5.82 Å². The molecule has 1 N–H and O–H groups in total. The lowest BCUT2D eigenvalue weighted by Crippen LogP contribution is -2.30. The van der Waals surface area contributed by atoms with E-state index in [0.717, 1.165) is 22.9 Å². The van der Waals surface area contributed by atoms with Gasteiger partial charge in [0.25, 0.3) is 0 Å². The van der Waals surface area contributed by atoms with E-state index in [1.54, 1.807) is 26.6 Å². The van der Waals surface area contributed by atoms with Gasteiger partial charge in [0.1, 0.15) is 23.4 Å². The molecule has 0 amide bonds.